The van der Waals surface area contributed by atoms with E-state index in [0.717, 1.165) is 43.0 Å². The predicted octanol–water partition coefficient (Wildman–Crippen LogP) is 2.56. The number of carbonyl (C=O) groups is 1. The van der Waals surface area contributed by atoms with E-state index in [2.05, 4.69) is 17.2 Å². The molecule has 0 spiro atoms. The van der Waals surface area contributed by atoms with Crippen LogP contribution in [0.5, 0.6) is 0 Å². The molecule has 0 aromatic carbocycles. The van der Waals surface area contributed by atoms with E-state index in [0.29, 0.717) is 0 Å². The number of aromatic nitrogens is 1. The normalized spacial score (nSPS) is 10.2. The Hall–Kier alpha value is -1.58. The van der Waals surface area contributed by atoms with E-state index in [4.69, 9.17) is 0 Å². The van der Waals surface area contributed by atoms with Crippen LogP contribution in [0.3, 0.4) is 0 Å². The molecule has 0 aliphatic heterocycles. The van der Waals surface area contributed by atoms with Crippen LogP contribution in [0.25, 0.3) is 0 Å². The van der Waals surface area contributed by atoms with Gasteiger partial charge in [-0.2, -0.15) is 0 Å². The van der Waals surface area contributed by atoms with Crippen LogP contribution in [0.15, 0.2) is 12.1 Å². The van der Waals surface area contributed by atoms with Gasteiger partial charge in [-0.15, -0.1) is 0 Å². The first-order valence-electron chi connectivity index (χ1n) is 6.64. The van der Waals surface area contributed by atoms with E-state index < -0.39 is 0 Å². The molecular weight excluding hydrogens is 226 g/mol. The summed E-state index contributed by atoms with van der Waals surface area (Å²) in [4.78, 5) is 18.6. The lowest BCUT2D eigenvalue weighted by Gasteiger charge is -2.19. The van der Waals surface area contributed by atoms with Gasteiger partial charge in [0.25, 0.3) is 5.91 Å². The number of aryl methyl sites for hydroxylation is 1. The van der Waals surface area contributed by atoms with Gasteiger partial charge in [-0.05, 0) is 32.4 Å². The number of amides is 1. The minimum atomic E-state index is 0.0799. The van der Waals surface area contributed by atoms with Crippen molar-refractivity contribution < 1.29 is 4.79 Å². The molecule has 0 unspecified atom stereocenters. The molecule has 1 rings (SSSR count). The van der Waals surface area contributed by atoms with E-state index in [1.54, 1.807) is 0 Å². The predicted molar refractivity (Wildman–Crippen MR) is 75.0 cm³/mol. The number of anilines is 1. The quantitative estimate of drug-likeness (QED) is 0.842. The fraction of sp³-hybridized carbons (Fsp3) is 0.571. The zero-order valence-corrected chi connectivity index (χ0v) is 11.8. The Labute approximate surface area is 109 Å². The lowest BCUT2D eigenvalue weighted by molar-refractivity contribution is 0.0773. The van der Waals surface area contributed by atoms with Gasteiger partial charge in [0.15, 0.2) is 0 Å². The van der Waals surface area contributed by atoms with E-state index in [9.17, 15) is 4.79 Å². The summed E-state index contributed by atoms with van der Waals surface area (Å²) in [7, 11) is 1.82. The highest BCUT2D eigenvalue weighted by atomic mass is 16.2. The summed E-state index contributed by atoms with van der Waals surface area (Å²) in [5.74, 6) is 0.840. The number of hydrogen-bond donors (Lipinski definition) is 1. The van der Waals surface area contributed by atoms with Crippen LogP contribution >= 0.6 is 0 Å². The maximum atomic E-state index is 12.3. The van der Waals surface area contributed by atoms with Gasteiger partial charge >= 0.3 is 0 Å². The van der Waals surface area contributed by atoms with Crippen molar-refractivity contribution in [3.05, 3.63) is 23.4 Å². The van der Waals surface area contributed by atoms with E-state index >= 15 is 0 Å². The Balaban J connectivity index is 3.06. The largest absolute Gasteiger partial charge is 0.373 e. The minimum absolute atomic E-state index is 0.0799. The number of carbonyl (C=O) groups excluding carboxylic acids is 1. The molecule has 1 amide bonds. The lowest BCUT2D eigenvalue weighted by Crippen LogP contribution is -2.30. The molecule has 100 valence electrons. The maximum absolute atomic E-state index is 12.3. The summed E-state index contributed by atoms with van der Waals surface area (Å²) >= 11 is 0. The number of hydrogen-bond acceptors (Lipinski definition) is 3. The summed E-state index contributed by atoms with van der Waals surface area (Å²) in [6.07, 6.45) is 1.92. The standard InChI is InChI=1S/C14H23N3O/c1-5-8-12-9-11(10-13(15-4)16-12)14(18)17(6-2)7-3/h9-10H,5-8H2,1-4H3,(H,15,16). The number of nitrogens with one attached hydrogen (secondary N) is 1. The van der Waals surface area contributed by atoms with Crippen molar-refractivity contribution in [1.29, 1.82) is 0 Å². The SMILES string of the molecule is CCCc1cc(C(=O)N(CC)CC)cc(NC)n1. The second-order valence-corrected chi connectivity index (χ2v) is 4.21. The molecule has 4 heteroatoms. The summed E-state index contributed by atoms with van der Waals surface area (Å²) < 4.78 is 0. The fourth-order valence-corrected chi connectivity index (χ4v) is 1.92. The second kappa shape index (κ2) is 6.99. The molecule has 4 nitrogen and oxygen atoms in total. The van der Waals surface area contributed by atoms with Gasteiger partial charge in [0.1, 0.15) is 5.82 Å². The van der Waals surface area contributed by atoms with Crippen molar-refractivity contribution >= 4 is 11.7 Å². The fourth-order valence-electron chi connectivity index (χ4n) is 1.92. The van der Waals surface area contributed by atoms with Crippen LogP contribution in [0.1, 0.15) is 43.2 Å². The van der Waals surface area contributed by atoms with Crippen molar-refractivity contribution in [1.82, 2.24) is 9.88 Å². The third-order valence-corrected chi connectivity index (χ3v) is 2.94. The van der Waals surface area contributed by atoms with Crippen LogP contribution < -0.4 is 5.32 Å². The van der Waals surface area contributed by atoms with E-state index in [1.165, 1.54) is 0 Å². The summed E-state index contributed by atoms with van der Waals surface area (Å²) in [5.41, 5.74) is 1.70. The van der Waals surface area contributed by atoms with E-state index in [-0.39, 0.29) is 5.91 Å². The topological polar surface area (TPSA) is 45.2 Å². The van der Waals surface area contributed by atoms with Crippen LogP contribution in [-0.2, 0) is 6.42 Å². The van der Waals surface area contributed by atoms with Crippen LogP contribution in [0.2, 0.25) is 0 Å². The van der Waals surface area contributed by atoms with Crippen LogP contribution in [0, 0.1) is 0 Å². The molecule has 1 heterocycles. The number of nitrogens with zero attached hydrogens (tertiary/aromatic N) is 2. The molecule has 0 saturated heterocycles. The second-order valence-electron chi connectivity index (χ2n) is 4.21. The summed E-state index contributed by atoms with van der Waals surface area (Å²) in [6, 6.07) is 3.73. The Morgan fingerprint density at radius 3 is 2.44 bits per heavy atom. The van der Waals surface area contributed by atoms with Gasteiger partial charge in [-0.25, -0.2) is 4.98 Å². The molecular formula is C14H23N3O. The average molecular weight is 249 g/mol. The molecule has 1 aromatic heterocycles. The van der Waals surface area contributed by atoms with Gasteiger partial charge in [-0.1, -0.05) is 13.3 Å². The smallest absolute Gasteiger partial charge is 0.254 e. The first kappa shape index (κ1) is 14.5. The molecule has 1 N–H and O–H groups in total. The number of rotatable bonds is 6. The first-order valence-corrected chi connectivity index (χ1v) is 6.64. The highest BCUT2D eigenvalue weighted by Gasteiger charge is 2.14. The molecule has 0 aliphatic rings. The lowest BCUT2D eigenvalue weighted by atomic mass is 10.1. The van der Waals surface area contributed by atoms with Gasteiger partial charge < -0.3 is 10.2 Å². The molecule has 0 saturated carbocycles. The molecule has 0 aliphatic carbocycles. The maximum Gasteiger partial charge on any atom is 0.254 e. The zero-order valence-electron chi connectivity index (χ0n) is 11.8. The molecule has 18 heavy (non-hydrogen) atoms. The van der Waals surface area contributed by atoms with Crippen molar-refractivity contribution in [3.8, 4) is 0 Å². The van der Waals surface area contributed by atoms with Crippen molar-refractivity contribution in [2.24, 2.45) is 0 Å². The zero-order chi connectivity index (χ0) is 13.5. The highest BCUT2D eigenvalue weighted by Crippen LogP contribution is 2.14. The van der Waals surface area contributed by atoms with E-state index in [1.807, 2.05) is 37.9 Å². The molecule has 0 fully saturated rings. The Morgan fingerprint density at radius 1 is 1.28 bits per heavy atom. The van der Waals surface area contributed by atoms with Crippen LogP contribution in [-0.4, -0.2) is 35.9 Å². The average Bonchev–Trinajstić information content (AvgIpc) is 2.40. The Morgan fingerprint density at radius 2 is 1.94 bits per heavy atom. The first-order chi connectivity index (χ1) is 8.65. The molecule has 1 aromatic rings. The van der Waals surface area contributed by atoms with Gasteiger partial charge in [0.2, 0.25) is 0 Å². The van der Waals surface area contributed by atoms with Gasteiger partial charge in [-0.3, -0.25) is 4.79 Å². The molecule has 0 radical (unpaired) electrons. The minimum Gasteiger partial charge on any atom is -0.373 e. The van der Waals surface area contributed by atoms with Gasteiger partial charge in [0.05, 0.1) is 0 Å². The van der Waals surface area contributed by atoms with Crippen molar-refractivity contribution in [3.63, 3.8) is 0 Å². The Bertz CT molecular complexity index is 400. The van der Waals surface area contributed by atoms with Crippen LogP contribution in [0.4, 0.5) is 5.82 Å². The number of pyridine rings is 1. The third-order valence-electron chi connectivity index (χ3n) is 2.94. The van der Waals surface area contributed by atoms with Crippen molar-refractivity contribution in [2.75, 3.05) is 25.5 Å². The third kappa shape index (κ3) is 3.45. The summed E-state index contributed by atoms with van der Waals surface area (Å²) in [5, 5.41) is 3.01. The van der Waals surface area contributed by atoms with Crippen molar-refractivity contribution in [2.45, 2.75) is 33.6 Å². The monoisotopic (exact) mass is 249 g/mol. The van der Waals surface area contributed by atoms with Gasteiger partial charge in [0, 0.05) is 31.4 Å². The molecule has 0 bridgehead atoms. The highest BCUT2D eigenvalue weighted by molar-refractivity contribution is 5.95. The summed E-state index contributed by atoms with van der Waals surface area (Å²) in [6.45, 7) is 7.56. The Kier molecular flexibility index (Phi) is 5.62. The molecule has 0 atom stereocenters.